The van der Waals surface area contributed by atoms with Crippen LogP contribution in [0.3, 0.4) is 0 Å². The van der Waals surface area contributed by atoms with E-state index in [0.717, 1.165) is 36.2 Å². The average Bonchev–Trinajstić information content (AvgIpc) is 3.17. The quantitative estimate of drug-likeness (QED) is 0.334. The lowest BCUT2D eigenvalue weighted by Gasteiger charge is -2.25. The van der Waals surface area contributed by atoms with Crippen molar-refractivity contribution in [2.75, 3.05) is 12.4 Å². The van der Waals surface area contributed by atoms with E-state index in [0.29, 0.717) is 0 Å². The van der Waals surface area contributed by atoms with E-state index in [9.17, 15) is 0 Å². The molecule has 0 saturated carbocycles. The molecule has 32 heavy (non-hydrogen) atoms. The zero-order chi connectivity index (χ0) is 22.1. The summed E-state index contributed by atoms with van der Waals surface area (Å²) >= 11 is 0. The lowest BCUT2D eigenvalue weighted by molar-refractivity contribution is 0.286. The summed E-state index contributed by atoms with van der Waals surface area (Å²) in [5.74, 6) is 10.1. The highest BCUT2D eigenvalue weighted by Crippen LogP contribution is 2.29. The van der Waals surface area contributed by atoms with Crippen molar-refractivity contribution in [2.45, 2.75) is 24.8 Å². The van der Waals surface area contributed by atoms with E-state index in [1.54, 1.807) is 0 Å². The van der Waals surface area contributed by atoms with Crippen molar-refractivity contribution in [2.24, 2.45) is 0 Å². The predicted molar refractivity (Wildman–Crippen MR) is 132 cm³/mol. The van der Waals surface area contributed by atoms with Crippen molar-refractivity contribution in [1.29, 1.82) is 0 Å². The van der Waals surface area contributed by atoms with Gasteiger partial charge in [0.2, 0.25) is 0 Å². The van der Waals surface area contributed by atoms with E-state index in [2.05, 4.69) is 83.1 Å². The van der Waals surface area contributed by atoms with Gasteiger partial charge in [0.05, 0.1) is 0 Å². The number of nitrogens with zero attached hydrogens (tertiary/aromatic N) is 1. The molecule has 0 aliphatic carbocycles. The summed E-state index contributed by atoms with van der Waals surface area (Å²) in [5.41, 5.74) is 7.22. The highest BCUT2D eigenvalue weighted by molar-refractivity contribution is 5.52. The number of para-hydroxylation sites is 1. The van der Waals surface area contributed by atoms with Gasteiger partial charge in [-0.1, -0.05) is 84.8 Å². The van der Waals surface area contributed by atoms with Crippen LogP contribution in [0.4, 0.5) is 5.69 Å². The number of anilines is 1. The molecule has 0 radical (unpaired) electrons. The summed E-state index contributed by atoms with van der Waals surface area (Å²) in [6.45, 7) is 0. The number of hydrazine groups is 1. The van der Waals surface area contributed by atoms with Crippen LogP contribution in [0.1, 0.15) is 24.0 Å². The van der Waals surface area contributed by atoms with Crippen LogP contribution in [-0.2, 0) is 12.0 Å². The number of rotatable bonds is 5. The molecule has 2 N–H and O–H groups in total. The van der Waals surface area contributed by atoms with Crippen molar-refractivity contribution in [1.82, 2.24) is 10.4 Å². The second-order valence-corrected chi connectivity index (χ2v) is 7.76. The van der Waals surface area contributed by atoms with Gasteiger partial charge in [0.1, 0.15) is 11.2 Å². The fraction of sp³-hybridized carbons (Fsp3) is 0.172. The molecule has 0 spiro atoms. The van der Waals surface area contributed by atoms with Gasteiger partial charge in [0.15, 0.2) is 0 Å². The standard InChI is InChI=1S/C29H27N3/c1-32-28(21-13-3-8-16-25-14-6-2-7-15-25)24-29(31-32,26-17-9-4-10-18-26)22-23-30-27-19-11-5-12-20-27/h2,4-7,9-12,14-15,17-20,24,30-31H,3,8,16H2,1H3. The van der Waals surface area contributed by atoms with E-state index in [1.165, 1.54) is 5.56 Å². The molecular weight excluding hydrogens is 390 g/mol. The highest BCUT2D eigenvalue weighted by atomic mass is 15.5. The third kappa shape index (κ3) is 5.41. The Bertz CT molecular complexity index is 1160. The fourth-order valence-corrected chi connectivity index (χ4v) is 3.67. The summed E-state index contributed by atoms with van der Waals surface area (Å²) in [4.78, 5) is 0. The van der Waals surface area contributed by atoms with Crippen LogP contribution in [0, 0.1) is 23.8 Å². The van der Waals surface area contributed by atoms with Gasteiger partial charge in [-0.25, -0.2) is 5.43 Å². The maximum absolute atomic E-state index is 3.51. The first-order valence-corrected chi connectivity index (χ1v) is 10.9. The first-order chi connectivity index (χ1) is 15.8. The summed E-state index contributed by atoms with van der Waals surface area (Å²) < 4.78 is 0. The minimum atomic E-state index is -0.633. The molecule has 0 saturated heterocycles. The summed E-state index contributed by atoms with van der Waals surface area (Å²) in [5, 5.41) is 5.15. The Labute approximate surface area is 191 Å². The van der Waals surface area contributed by atoms with Crippen molar-refractivity contribution in [3.63, 3.8) is 0 Å². The minimum Gasteiger partial charge on any atom is -0.315 e. The maximum Gasteiger partial charge on any atom is 0.145 e. The molecule has 158 valence electrons. The smallest absolute Gasteiger partial charge is 0.145 e. The highest BCUT2D eigenvalue weighted by Gasteiger charge is 2.35. The van der Waals surface area contributed by atoms with E-state index in [4.69, 9.17) is 0 Å². The maximum atomic E-state index is 3.51. The molecule has 0 aromatic heterocycles. The van der Waals surface area contributed by atoms with Crippen molar-refractivity contribution < 1.29 is 0 Å². The Morgan fingerprint density at radius 3 is 2.25 bits per heavy atom. The lowest BCUT2D eigenvalue weighted by Crippen LogP contribution is -2.42. The molecule has 0 amide bonds. The van der Waals surface area contributed by atoms with Crippen LogP contribution in [0.5, 0.6) is 0 Å². The predicted octanol–water partition coefficient (Wildman–Crippen LogP) is 5.32. The van der Waals surface area contributed by atoms with E-state index in [-0.39, 0.29) is 0 Å². The molecule has 4 rings (SSSR count). The second kappa shape index (κ2) is 10.4. The van der Waals surface area contributed by atoms with Crippen molar-refractivity contribution in [3.05, 3.63) is 114 Å². The molecule has 3 aromatic carbocycles. The number of hydrogen-bond donors (Lipinski definition) is 2. The summed E-state index contributed by atoms with van der Waals surface area (Å²) in [6.07, 6.45) is 5.07. The van der Waals surface area contributed by atoms with Crippen LogP contribution < -0.4 is 10.7 Å². The molecule has 0 fully saturated rings. The number of hydrogen-bond acceptors (Lipinski definition) is 3. The molecule has 1 unspecified atom stereocenters. The largest absolute Gasteiger partial charge is 0.315 e. The molecule has 1 atom stereocenters. The van der Waals surface area contributed by atoms with Crippen LogP contribution in [0.2, 0.25) is 0 Å². The molecule has 3 aromatic rings. The summed E-state index contributed by atoms with van der Waals surface area (Å²) in [6, 6.07) is 33.9. The van der Waals surface area contributed by atoms with Gasteiger partial charge in [0.25, 0.3) is 0 Å². The fourth-order valence-electron chi connectivity index (χ4n) is 3.67. The molecule has 1 aliphatic heterocycles. The Hall–Kier alpha value is -3.92. The molecule has 1 heterocycles. The number of aryl methyl sites for hydroxylation is 1. The average molecular weight is 418 g/mol. The third-order valence-electron chi connectivity index (χ3n) is 5.35. The van der Waals surface area contributed by atoms with Gasteiger partial charge < -0.3 is 10.3 Å². The number of benzene rings is 3. The minimum absolute atomic E-state index is 0.633. The second-order valence-electron chi connectivity index (χ2n) is 7.76. The summed E-state index contributed by atoms with van der Waals surface area (Å²) in [7, 11) is 1.99. The van der Waals surface area contributed by atoms with Crippen molar-refractivity contribution in [3.8, 4) is 23.8 Å². The Morgan fingerprint density at radius 2 is 1.53 bits per heavy atom. The Balaban J connectivity index is 1.50. The van der Waals surface area contributed by atoms with Crippen LogP contribution in [0.15, 0.2) is 103 Å². The molecule has 3 nitrogen and oxygen atoms in total. The Morgan fingerprint density at radius 1 is 0.875 bits per heavy atom. The van der Waals surface area contributed by atoms with E-state index >= 15 is 0 Å². The first kappa shape index (κ1) is 21.3. The van der Waals surface area contributed by atoms with Gasteiger partial charge in [-0.3, -0.25) is 0 Å². The van der Waals surface area contributed by atoms with Gasteiger partial charge in [-0.2, -0.15) is 0 Å². The molecule has 3 heteroatoms. The monoisotopic (exact) mass is 417 g/mol. The number of nitrogens with one attached hydrogen (secondary N) is 2. The van der Waals surface area contributed by atoms with E-state index in [1.807, 2.05) is 60.6 Å². The van der Waals surface area contributed by atoms with Gasteiger partial charge >= 0.3 is 0 Å². The van der Waals surface area contributed by atoms with Crippen molar-refractivity contribution >= 4 is 5.69 Å². The molecule has 1 aliphatic rings. The zero-order valence-corrected chi connectivity index (χ0v) is 18.3. The SMILES string of the molecule is CN1NC(C#CNc2ccccc2)(c2ccccc2)C=C1C#CCCCc1ccccc1. The van der Waals surface area contributed by atoms with Gasteiger partial charge in [0, 0.05) is 25.2 Å². The lowest BCUT2D eigenvalue weighted by atomic mass is 9.91. The topological polar surface area (TPSA) is 27.3 Å². The molecular formula is C29H27N3. The Kier molecular flexibility index (Phi) is 6.93. The van der Waals surface area contributed by atoms with Crippen LogP contribution in [-0.4, -0.2) is 12.1 Å². The van der Waals surface area contributed by atoms with Crippen LogP contribution in [0.25, 0.3) is 0 Å². The van der Waals surface area contributed by atoms with Gasteiger partial charge in [-0.15, -0.1) is 0 Å². The molecule has 0 bridgehead atoms. The normalized spacial score (nSPS) is 16.9. The third-order valence-corrected chi connectivity index (χ3v) is 5.35. The van der Waals surface area contributed by atoms with E-state index < -0.39 is 5.54 Å². The van der Waals surface area contributed by atoms with Crippen LogP contribution >= 0.6 is 0 Å². The number of unbranched alkanes of at least 4 members (excludes halogenated alkanes) is 1. The zero-order valence-electron chi connectivity index (χ0n) is 18.3. The van der Waals surface area contributed by atoms with Gasteiger partial charge in [-0.05, 0) is 54.0 Å². The number of allylic oxidation sites excluding steroid dienone is 1. The first-order valence-electron chi connectivity index (χ1n) is 10.9.